The molecule has 2 atom stereocenters. The Hall–Kier alpha value is 0.310. The van der Waals surface area contributed by atoms with Crippen molar-refractivity contribution in [2.75, 3.05) is 6.16 Å². The zero-order valence-electron chi connectivity index (χ0n) is 25.7. The van der Waals surface area contributed by atoms with Gasteiger partial charge in [0, 0.05) is 0 Å². The molecule has 2 unspecified atom stereocenters. The quantitative estimate of drug-likeness (QED) is 0.0791. The average molecular weight is 545 g/mol. The molecule has 0 aliphatic heterocycles. The molecule has 0 aromatic heterocycles. The van der Waals surface area contributed by atoms with Crippen LogP contribution in [0.2, 0.25) is 0 Å². The van der Waals surface area contributed by atoms with E-state index < -0.39 is 12.4 Å². The molecule has 0 heterocycles. The fraction of sp³-hybridized carbons (Fsp3) is 1.00. The van der Waals surface area contributed by atoms with Crippen molar-refractivity contribution >= 4 is 7.28 Å². The van der Waals surface area contributed by atoms with Gasteiger partial charge in [0.05, 0.1) is 0 Å². The number of rotatable bonds is 25. The summed E-state index contributed by atoms with van der Waals surface area (Å²) in [6, 6.07) is 0. The molecule has 1 rings (SSSR count). The van der Waals surface area contributed by atoms with Crippen LogP contribution in [0.4, 0.5) is 0 Å². The van der Waals surface area contributed by atoms with Crippen molar-refractivity contribution in [2.45, 2.75) is 199 Å². The van der Waals surface area contributed by atoms with Crippen molar-refractivity contribution in [2.24, 2.45) is 5.92 Å². The Kier molecular flexibility index (Phi) is 19.3. The van der Waals surface area contributed by atoms with E-state index in [0.29, 0.717) is 0 Å². The summed E-state index contributed by atoms with van der Waals surface area (Å²) in [5.74, 6) is 0.277. The Bertz CT molecular complexity index is 529. The average Bonchev–Trinajstić information content (AvgIpc) is 2.87. The molecule has 4 heteroatoms. The van der Waals surface area contributed by atoms with Gasteiger partial charge in [-0.1, -0.05) is 0 Å². The van der Waals surface area contributed by atoms with E-state index in [1.54, 1.807) is 0 Å². The standard InChI is InChI=1S/C33H69O3P/c1-4-7-10-13-16-19-22-27-32-28-23-25-30-33(32,29-24-20-17-14-11-8-5-2)37(34,35,36)31-26-21-18-15-12-9-6-3/h32,34-36H,4-31H2,1-3H3. The van der Waals surface area contributed by atoms with Gasteiger partial charge in [0.1, 0.15) is 0 Å². The van der Waals surface area contributed by atoms with Crippen LogP contribution in [0.5, 0.6) is 0 Å². The van der Waals surface area contributed by atoms with Gasteiger partial charge in [0.25, 0.3) is 0 Å². The monoisotopic (exact) mass is 544 g/mol. The van der Waals surface area contributed by atoms with E-state index in [1.807, 2.05) is 0 Å². The van der Waals surface area contributed by atoms with E-state index in [2.05, 4.69) is 20.8 Å². The predicted molar refractivity (Wildman–Crippen MR) is 166 cm³/mol. The van der Waals surface area contributed by atoms with Gasteiger partial charge in [0.15, 0.2) is 0 Å². The Labute approximate surface area is 233 Å². The van der Waals surface area contributed by atoms with E-state index >= 15 is 0 Å². The zero-order chi connectivity index (χ0) is 27.3. The number of hydrogen-bond acceptors (Lipinski definition) is 3. The maximum atomic E-state index is 11.9. The maximum absolute atomic E-state index is 11.9. The van der Waals surface area contributed by atoms with Crippen LogP contribution in [-0.4, -0.2) is 26.0 Å². The third-order valence-corrected chi connectivity index (χ3v) is 13.4. The van der Waals surface area contributed by atoms with Gasteiger partial charge in [-0.2, -0.15) is 0 Å². The molecule has 0 amide bonds. The first-order chi connectivity index (χ1) is 17.8. The van der Waals surface area contributed by atoms with Crippen molar-refractivity contribution < 1.29 is 14.7 Å². The first-order valence-corrected chi connectivity index (χ1v) is 19.4. The molecule has 0 bridgehead atoms. The number of hydrogen-bond donors (Lipinski definition) is 3. The van der Waals surface area contributed by atoms with Crippen LogP contribution in [0.3, 0.4) is 0 Å². The molecule has 0 aromatic carbocycles. The van der Waals surface area contributed by atoms with Gasteiger partial charge in [0.2, 0.25) is 0 Å². The molecule has 37 heavy (non-hydrogen) atoms. The zero-order valence-corrected chi connectivity index (χ0v) is 26.6. The molecule has 0 radical (unpaired) electrons. The van der Waals surface area contributed by atoms with Gasteiger partial charge >= 0.3 is 233 Å². The summed E-state index contributed by atoms with van der Waals surface area (Å²) in [6.45, 7) is 6.77. The first kappa shape index (κ1) is 35.3. The summed E-state index contributed by atoms with van der Waals surface area (Å²) in [4.78, 5) is 35.6. The minimum atomic E-state index is -4.76. The van der Waals surface area contributed by atoms with Crippen LogP contribution >= 0.6 is 7.28 Å². The molecule has 3 nitrogen and oxygen atoms in total. The molecular formula is C33H69O3P. The molecule has 0 spiro atoms. The van der Waals surface area contributed by atoms with Crippen LogP contribution in [0.1, 0.15) is 194 Å². The van der Waals surface area contributed by atoms with Crippen LogP contribution in [0.15, 0.2) is 0 Å². The second-order valence-corrected chi connectivity index (χ2v) is 16.5. The van der Waals surface area contributed by atoms with E-state index in [4.69, 9.17) is 0 Å². The van der Waals surface area contributed by atoms with Crippen molar-refractivity contribution in [3.63, 3.8) is 0 Å². The van der Waals surface area contributed by atoms with Crippen molar-refractivity contribution in [3.8, 4) is 0 Å². The van der Waals surface area contributed by atoms with Crippen LogP contribution in [-0.2, 0) is 0 Å². The van der Waals surface area contributed by atoms with Gasteiger partial charge in [-0.05, 0) is 0 Å². The molecule has 1 aliphatic carbocycles. The SMILES string of the molecule is CCCCCCCCCC1CCCCC1(CCCCCCCCC)P(O)(O)(O)CCCCCCCCC. The molecule has 0 saturated heterocycles. The van der Waals surface area contributed by atoms with Crippen molar-refractivity contribution in [1.82, 2.24) is 0 Å². The Morgan fingerprint density at radius 1 is 0.541 bits per heavy atom. The third kappa shape index (κ3) is 13.5. The van der Waals surface area contributed by atoms with E-state index in [-0.39, 0.29) is 12.1 Å². The van der Waals surface area contributed by atoms with Crippen molar-refractivity contribution in [1.29, 1.82) is 0 Å². The van der Waals surface area contributed by atoms with Gasteiger partial charge in [-0.15, -0.1) is 0 Å². The second kappa shape index (κ2) is 20.2. The van der Waals surface area contributed by atoms with E-state index in [0.717, 1.165) is 57.8 Å². The Morgan fingerprint density at radius 2 is 0.973 bits per heavy atom. The van der Waals surface area contributed by atoms with Crippen molar-refractivity contribution in [3.05, 3.63) is 0 Å². The van der Waals surface area contributed by atoms with Gasteiger partial charge < -0.3 is 0 Å². The molecule has 1 fully saturated rings. The summed E-state index contributed by atoms with van der Waals surface area (Å²) >= 11 is 0. The van der Waals surface area contributed by atoms with Crippen LogP contribution in [0, 0.1) is 5.92 Å². The molecule has 1 saturated carbocycles. The van der Waals surface area contributed by atoms with Gasteiger partial charge in [-0.25, -0.2) is 0 Å². The third-order valence-electron chi connectivity index (χ3n) is 9.63. The van der Waals surface area contributed by atoms with E-state index in [1.165, 1.54) is 116 Å². The summed E-state index contributed by atoms with van der Waals surface area (Å²) in [6.07, 6.45) is 31.9. The minimum absolute atomic E-state index is 0.239. The predicted octanol–water partition coefficient (Wildman–Crippen LogP) is 11.2. The Balaban J connectivity index is 2.80. The normalized spacial score (nSPS) is 21.7. The molecule has 0 aromatic rings. The summed E-state index contributed by atoms with van der Waals surface area (Å²) in [7, 11) is -4.76. The summed E-state index contributed by atoms with van der Waals surface area (Å²) in [5.41, 5.74) is 0. The van der Waals surface area contributed by atoms with Crippen LogP contribution < -0.4 is 0 Å². The fourth-order valence-corrected chi connectivity index (χ4v) is 10.7. The molecular weight excluding hydrogens is 475 g/mol. The molecule has 3 N–H and O–H groups in total. The summed E-state index contributed by atoms with van der Waals surface area (Å²) in [5, 5.41) is -0.641. The topological polar surface area (TPSA) is 60.7 Å². The number of unbranched alkanes of at least 4 members (excludes halogenated alkanes) is 18. The molecule has 224 valence electrons. The van der Waals surface area contributed by atoms with Gasteiger partial charge in [-0.3, -0.25) is 0 Å². The fourth-order valence-electron chi connectivity index (χ4n) is 7.19. The summed E-state index contributed by atoms with van der Waals surface area (Å²) < 4.78 is 0. The van der Waals surface area contributed by atoms with E-state index in [9.17, 15) is 14.7 Å². The molecule has 1 aliphatic rings. The first-order valence-electron chi connectivity index (χ1n) is 17.1. The second-order valence-electron chi connectivity index (χ2n) is 12.8. The van der Waals surface area contributed by atoms with Crippen LogP contribution in [0.25, 0.3) is 0 Å². The Morgan fingerprint density at radius 3 is 1.49 bits per heavy atom.